The van der Waals surface area contributed by atoms with Crippen LogP contribution in [0.1, 0.15) is 50.2 Å². The molecule has 4 rings (SSSR count). The number of ether oxygens (including phenoxy) is 2. The van der Waals surface area contributed by atoms with Crippen molar-refractivity contribution in [3.63, 3.8) is 0 Å². The first kappa shape index (κ1) is 17.9. The van der Waals surface area contributed by atoms with Gasteiger partial charge in [-0.2, -0.15) is 0 Å². The summed E-state index contributed by atoms with van der Waals surface area (Å²) in [5, 5.41) is 1.33. The van der Waals surface area contributed by atoms with Crippen LogP contribution in [0.4, 0.5) is 0 Å². The van der Waals surface area contributed by atoms with Crippen molar-refractivity contribution in [3.05, 3.63) is 47.5 Å². The van der Waals surface area contributed by atoms with Crippen LogP contribution in [-0.4, -0.2) is 18.3 Å². The molecule has 0 saturated carbocycles. The van der Waals surface area contributed by atoms with Crippen LogP contribution in [0, 0.1) is 0 Å². The summed E-state index contributed by atoms with van der Waals surface area (Å²) in [6.07, 6.45) is 4.30. The number of nitrogens with two attached hydrogens (primary N) is 1. The first-order valence-corrected chi connectivity index (χ1v) is 9.95. The average molecular weight is 364 g/mol. The smallest absolute Gasteiger partial charge is 0.231 e. The predicted molar refractivity (Wildman–Crippen MR) is 111 cm³/mol. The van der Waals surface area contributed by atoms with Crippen LogP contribution in [0.25, 0.3) is 22.2 Å². The van der Waals surface area contributed by atoms with Crippen LogP contribution in [0.2, 0.25) is 0 Å². The van der Waals surface area contributed by atoms with E-state index < -0.39 is 0 Å². The number of hydrogen-bond donors (Lipinski definition) is 2. The molecule has 3 aromatic rings. The van der Waals surface area contributed by atoms with Crippen molar-refractivity contribution in [2.45, 2.75) is 45.4 Å². The molecule has 0 amide bonds. The molecule has 142 valence electrons. The molecule has 1 aliphatic heterocycles. The maximum atomic E-state index is 5.73. The molecule has 0 radical (unpaired) electrons. The quantitative estimate of drug-likeness (QED) is 0.555. The fourth-order valence-corrected chi connectivity index (χ4v) is 3.81. The van der Waals surface area contributed by atoms with Crippen LogP contribution in [-0.2, 0) is 6.42 Å². The van der Waals surface area contributed by atoms with E-state index >= 15 is 0 Å². The fourth-order valence-electron chi connectivity index (χ4n) is 3.81. The second-order valence-electron chi connectivity index (χ2n) is 7.41. The van der Waals surface area contributed by atoms with Crippen LogP contribution in [0.5, 0.6) is 11.5 Å². The van der Waals surface area contributed by atoms with E-state index in [1.807, 2.05) is 6.07 Å². The Hall–Kier alpha value is -2.46. The van der Waals surface area contributed by atoms with Crippen molar-refractivity contribution in [1.29, 1.82) is 0 Å². The number of aromatic nitrogens is 1. The SMILES string of the molecule is CCC(C)c1ccc2[nH]c(-c3ccc4c(c3)OCO4)c(CCCCN)c2c1. The van der Waals surface area contributed by atoms with Gasteiger partial charge >= 0.3 is 0 Å². The molecule has 1 aromatic heterocycles. The molecule has 0 spiro atoms. The molecule has 4 heteroatoms. The number of fused-ring (bicyclic) bond motifs is 2. The zero-order chi connectivity index (χ0) is 18.8. The number of nitrogens with one attached hydrogen (secondary N) is 1. The van der Waals surface area contributed by atoms with Crippen molar-refractivity contribution in [1.82, 2.24) is 4.98 Å². The zero-order valence-corrected chi connectivity index (χ0v) is 16.2. The number of unbranched alkanes of at least 4 members (excludes halogenated alkanes) is 1. The highest BCUT2D eigenvalue weighted by Gasteiger charge is 2.18. The Morgan fingerprint density at radius 2 is 1.93 bits per heavy atom. The molecule has 0 fully saturated rings. The first-order valence-electron chi connectivity index (χ1n) is 9.95. The van der Waals surface area contributed by atoms with Gasteiger partial charge in [-0.05, 0) is 79.6 Å². The summed E-state index contributed by atoms with van der Waals surface area (Å²) in [6.45, 7) is 5.57. The fraction of sp³-hybridized carbons (Fsp3) is 0.391. The normalized spacial score (nSPS) is 14.0. The summed E-state index contributed by atoms with van der Waals surface area (Å²) in [5.41, 5.74) is 12.0. The molecule has 1 atom stereocenters. The van der Waals surface area contributed by atoms with E-state index in [1.54, 1.807) is 0 Å². The van der Waals surface area contributed by atoms with E-state index in [2.05, 4.69) is 49.2 Å². The van der Waals surface area contributed by atoms with E-state index in [4.69, 9.17) is 15.2 Å². The number of benzene rings is 2. The lowest BCUT2D eigenvalue weighted by Crippen LogP contribution is -1.99. The molecule has 27 heavy (non-hydrogen) atoms. The Labute approximate surface area is 160 Å². The molecular weight excluding hydrogens is 336 g/mol. The zero-order valence-electron chi connectivity index (χ0n) is 16.2. The lowest BCUT2D eigenvalue weighted by Gasteiger charge is -2.10. The van der Waals surface area contributed by atoms with Gasteiger partial charge in [0.05, 0.1) is 0 Å². The maximum absolute atomic E-state index is 5.73. The summed E-state index contributed by atoms with van der Waals surface area (Å²) < 4.78 is 11.1. The molecule has 1 unspecified atom stereocenters. The maximum Gasteiger partial charge on any atom is 0.231 e. The Morgan fingerprint density at radius 3 is 2.74 bits per heavy atom. The van der Waals surface area contributed by atoms with E-state index in [1.165, 1.54) is 27.7 Å². The van der Waals surface area contributed by atoms with Gasteiger partial charge in [0, 0.05) is 22.2 Å². The van der Waals surface area contributed by atoms with Gasteiger partial charge in [-0.1, -0.05) is 19.9 Å². The molecule has 0 aliphatic carbocycles. The van der Waals surface area contributed by atoms with Gasteiger partial charge in [0.25, 0.3) is 0 Å². The van der Waals surface area contributed by atoms with E-state index in [9.17, 15) is 0 Å². The number of rotatable bonds is 7. The van der Waals surface area contributed by atoms with Crippen molar-refractivity contribution in [2.24, 2.45) is 5.73 Å². The minimum atomic E-state index is 0.299. The number of aromatic amines is 1. The van der Waals surface area contributed by atoms with Crippen LogP contribution < -0.4 is 15.2 Å². The molecule has 0 bridgehead atoms. The highest BCUT2D eigenvalue weighted by molar-refractivity contribution is 5.91. The Balaban J connectivity index is 1.81. The molecule has 2 heterocycles. The minimum absolute atomic E-state index is 0.299. The minimum Gasteiger partial charge on any atom is -0.454 e. The molecule has 3 N–H and O–H groups in total. The molecule has 2 aromatic carbocycles. The predicted octanol–water partition coefficient (Wildman–Crippen LogP) is 5.36. The molecule has 4 nitrogen and oxygen atoms in total. The van der Waals surface area contributed by atoms with Gasteiger partial charge in [0.15, 0.2) is 11.5 Å². The van der Waals surface area contributed by atoms with Crippen molar-refractivity contribution in [3.8, 4) is 22.8 Å². The third-order valence-electron chi connectivity index (χ3n) is 5.65. The second kappa shape index (κ2) is 7.65. The number of hydrogen-bond acceptors (Lipinski definition) is 3. The topological polar surface area (TPSA) is 60.3 Å². The summed E-state index contributed by atoms with van der Waals surface area (Å²) in [7, 11) is 0. The van der Waals surface area contributed by atoms with Crippen molar-refractivity contribution in [2.75, 3.05) is 13.3 Å². The van der Waals surface area contributed by atoms with E-state index in [-0.39, 0.29) is 0 Å². The van der Waals surface area contributed by atoms with Gasteiger partial charge in [-0.3, -0.25) is 0 Å². The molecule has 0 saturated heterocycles. The highest BCUT2D eigenvalue weighted by Crippen LogP contribution is 2.39. The summed E-state index contributed by atoms with van der Waals surface area (Å²) in [5.74, 6) is 2.20. The Kier molecular flexibility index (Phi) is 5.08. The average Bonchev–Trinajstić information content (AvgIpc) is 3.31. The van der Waals surface area contributed by atoms with Crippen LogP contribution in [0.15, 0.2) is 36.4 Å². The third kappa shape index (κ3) is 3.42. The van der Waals surface area contributed by atoms with E-state index in [0.717, 1.165) is 49.3 Å². The monoisotopic (exact) mass is 364 g/mol. The molecular formula is C23H28N2O2. The Morgan fingerprint density at radius 1 is 1.07 bits per heavy atom. The van der Waals surface area contributed by atoms with E-state index in [0.29, 0.717) is 12.7 Å². The lowest BCUT2D eigenvalue weighted by molar-refractivity contribution is 0.174. The largest absolute Gasteiger partial charge is 0.454 e. The highest BCUT2D eigenvalue weighted by atomic mass is 16.7. The van der Waals surface area contributed by atoms with Gasteiger partial charge in [-0.25, -0.2) is 0 Å². The Bertz CT molecular complexity index is 945. The van der Waals surface area contributed by atoms with Crippen molar-refractivity contribution >= 4 is 10.9 Å². The van der Waals surface area contributed by atoms with Gasteiger partial charge < -0.3 is 20.2 Å². The number of aryl methyl sites for hydroxylation is 1. The van der Waals surface area contributed by atoms with Crippen molar-refractivity contribution < 1.29 is 9.47 Å². The van der Waals surface area contributed by atoms with Crippen LogP contribution in [0.3, 0.4) is 0 Å². The second-order valence-corrected chi connectivity index (χ2v) is 7.41. The standard InChI is InChI=1S/C23H28N2O2/c1-3-15(2)16-7-9-20-19(12-16)18(6-4-5-11-24)23(25-20)17-8-10-21-22(13-17)27-14-26-21/h7-10,12-13,15,25H,3-6,11,14,24H2,1-2H3. The molecule has 1 aliphatic rings. The summed E-state index contributed by atoms with van der Waals surface area (Å²) in [6, 6.07) is 13.0. The lowest BCUT2D eigenvalue weighted by atomic mass is 9.94. The van der Waals surface area contributed by atoms with Gasteiger partial charge in [-0.15, -0.1) is 0 Å². The third-order valence-corrected chi connectivity index (χ3v) is 5.65. The van der Waals surface area contributed by atoms with Gasteiger partial charge in [0.2, 0.25) is 6.79 Å². The summed E-state index contributed by atoms with van der Waals surface area (Å²) >= 11 is 0. The summed E-state index contributed by atoms with van der Waals surface area (Å²) in [4.78, 5) is 3.66. The van der Waals surface area contributed by atoms with Gasteiger partial charge in [0.1, 0.15) is 0 Å². The number of H-pyrrole nitrogens is 1. The van der Waals surface area contributed by atoms with Crippen LogP contribution >= 0.6 is 0 Å². The first-order chi connectivity index (χ1) is 13.2.